The molecule has 1 heterocycles. The van der Waals surface area contributed by atoms with Crippen molar-refractivity contribution in [2.45, 2.75) is 37.6 Å². The van der Waals surface area contributed by atoms with Crippen molar-refractivity contribution in [3.63, 3.8) is 0 Å². The fraction of sp³-hybridized carbons (Fsp3) is 0.375. The van der Waals surface area contributed by atoms with Crippen molar-refractivity contribution in [1.29, 1.82) is 0 Å². The van der Waals surface area contributed by atoms with E-state index in [1.807, 2.05) is 19.2 Å². The lowest BCUT2D eigenvalue weighted by Gasteiger charge is -2.10. The first-order chi connectivity index (χ1) is 11.3. The number of carbonyl (C=O) groups excluding carboxylic acids is 1. The number of nitrogens with zero attached hydrogens (tertiary/aromatic N) is 1. The van der Waals surface area contributed by atoms with Crippen molar-refractivity contribution in [2.24, 2.45) is 0 Å². The van der Waals surface area contributed by atoms with Gasteiger partial charge in [-0.2, -0.15) is 0 Å². The van der Waals surface area contributed by atoms with Crippen LogP contribution in [0.1, 0.15) is 26.0 Å². The first-order valence-electron chi connectivity index (χ1n) is 7.59. The monoisotopic (exact) mass is 367 g/mol. The van der Waals surface area contributed by atoms with Crippen LogP contribution in [0.3, 0.4) is 0 Å². The van der Waals surface area contributed by atoms with Gasteiger partial charge in [-0.25, -0.2) is 13.4 Å². The number of carbonyl (C=O) groups is 1. The van der Waals surface area contributed by atoms with Gasteiger partial charge in [-0.3, -0.25) is 4.79 Å². The molecule has 8 heteroatoms. The lowest BCUT2D eigenvalue weighted by Crippen LogP contribution is -2.33. The van der Waals surface area contributed by atoms with E-state index < -0.39 is 9.84 Å². The molecule has 1 unspecified atom stereocenters. The third-order valence-corrected chi connectivity index (χ3v) is 5.38. The second-order valence-corrected chi connectivity index (χ2v) is 8.49. The van der Waals surface area contributed by atoms with Crippen LogP contribution >= 0.6 is 11.3 Å². The number of sulfone groups is 1. The maximum absolute atomic E-state index is 11.9. The lowest BCUT2D eigenvalue weighted by atomic mass is 10.2. The van der Waals surface area contributed by atoms with Crippen molar-refractivity contribution < 1.29 is 13.2 Å². The molecule has 0 saturated carbocycles. The number of rotatable bonds is 7. The van der Waals surface area contributed by atoms with Gasteiger partial charge in [0.25, 0.3) is 0 Å². The zero-order valence-corrected chi connectivity index (χ0v) is 15.5. The van der Waals surface area contributed by atoms with Crippen LogP contribution in [0.15, 0.2) is 34.5 Å². The van der Waals surface area contributed by atoms with E-state index >= 15 is 0 Å². The Hall–Kier alpha value is -1.93. The van der Waals surface area contributed by atoms with Crippen LogP contribution in [0.5, 0.6) is 0 Å². The molecule has 0 aliphatic carbocycles. The number of anilines is 2. The van der Waals surface area contributed by atoms with Crippen LogP contribution in [-0.4, -0.2) is 31.6 Å². The highest BCUT2D eigenvalue weighted by Crippen LogP contribution is 2.22. The highest BCUT2D eigenvalue weighted by molar-refractivity contribution is 7.90. The van der Waals surface area contributed by atoms with Crippen LogP contribution in [0.2, 0.25) is 0 Å². The fourth-order valence-electron chi connectivity index (χ4n) is 1.95. The van der Waals surface area contributed by atoms with Crippen LogP contribution in [-0.2, 0) is 21.1 Å². The summed E-state index contributed by atoms with van der Waals surface area (Å²) in [7, 11) is -3.20. The molecule has 6 nitrogen and oxygen atoms in total. The first-order valence-corrected chi connectivity index (χ1v) is 10.4. The number of hydrogen-bond donors (Lipinski definition) is 2. The molecule has 1 aromatic heterocycles. The van der Waals surface area contributed by atoms with Crippen LogP contribution in [0.25, 0.3) is 0 Å². The SMILES string of the molecule is CCC(C)NC(=O)Cc1csc(Nc2ccc(S(C)(=O)=O)cc2)n1. The molecule has 0 bridgehead atoms. The van der Waals surface area contributed by atoms with Gasteiger partial charge in [-0.1, -0.05) is 6.92 Å². The maximum atomic E-state index is 11.9. The molecule has 2 rings (SSSR count). The summed E-state index contributed by atoms with van der Waals surface area (Å²) in [5.74, 6) is -0.0429. The summed E-state index contributed by atoms with van der Waals surface area (Å²) in [6.45, 7) is 3.98. The van der Waals surface area contributed by atoms with Crippen molar-refractivity contribution in [3.8, 4) is 0 Å². The molecule has 2 aromatic rings. The van der Waals surface area contributed by atoms with E-state index in [9.17, 15) is 13.2 Å². The second kappa shape index (κ2) is 7.76. The zero-order valence-electron chi connectivity index (χ0n) is 13.9. The Labute approximate surface area is 146 Å². The molecule has 0 radical (unpaired) electrons. The Morgan fingerprint density at radius 1 is 1.29 bits per heavy atom. The number of thiazole rings is 1. The van der Waals surface area contributed by atoms with Crippen LogP contribution in [0, 0.1) is 0 Å². The third kappa shape index (κ3) is 5.31. The Balaban J connectivity index is 1.97. The van der Waals surface area contributed by atoms with E-state index in [1.54, 1.807) is 24.3 Å². The molecule has 0 saturated heterocycles. The largest absolute Gasteiger partial charge is 0.353 e. The normalized spacial score (nSPS) is 12.6. The molecule has 1 amide bonds. The molecule has 24 heavy (non-hydrogen) atoms. The average Bonchev–Trinajstić information content (AvgIpc) is 2.93. The standard InChI is InChI=1S/C16H21N3O3S2/c1-4-11(2)17-15(20)9-13-10-23-16(19-13)18-12-5-7-14(8-6-12)24(3,21)22/h5-8,10-11H,4,9H2,1-3H3,(H,17,20)(H,18,19). The summed E-state index contributed by atoms with van der Waals surface area (Å²) in [6.07, 6.45) is 2.31. The Morgan fingerprint density at radius 3 is 2.54 bits per heavy atom. The van der Waals surface area contributed by atoms with Gasteiger partial charge in [0.1, 0.15) is 0 Å². The van der Waals surface area contributed by atoms with Crippen molar-refractivity contribution in [2.75, 3.05) is 11.6 Å². The molecule has 130 valence electrons. The number of amides is 1. The molecule has 0 aliphatic heterocycles. The molecule has 0 aliphatic rings. The first kappa shape index (κ1) is 18.4. The van der Waals surface area contributed by atoms with E-state index in [2.05, 4.69) is 15.6 Å². The Morgan fingerprint density at radius 2 is 1.96 bits per heavy atom. The van der Waals surface area contributed by atoms with Gasteiger partial charge in [-0.05, 0) is 37.6 Å². The summed E-state index contributed by atoms with van der Waals surface area (Å²) >= 11 is 1.40. The van der Waals surface area contributed by atoms with E-state index in [-0.39, 0.29) is 23.3 Å². The predicted molar refractivity (Wildman–Crippen MR) is 96.5 cm³/mol. The van der Waals surface area contributed by atoms with E-state index in [1.165, 1.54) is 17.6 Å². The summed E-state index contributed by atoms with van der Waals surface area (Å²) in [6, 6.07) is 6.62. The third-order valence-electron chi connectivity index (χ3n) is 3.45. The van der Waals surface area contributed by atoms with Gasteiger partial charge in [0.15, 0.2) is 15.0 Å². The summed E-state index contributed by atoms with van der Waals surface area (Å²) in [5, 5.41) is 8.51. The number of aromatic nitrogens is 1. The molecule has 1 atom stereocenters. The molecule has 0 spiro atoms. The maximum Gasteiger partial charge on any atom is 0.226 e. The van der Waals surface area contributed by atoms with Crippen molar-refractivity contribution in [3.05, 3.63) is 35.3 Å². The average molecular weight is 367 g/mol. The number of nitrogens with one attached hydrogen (secondary N) is 2. The van der Waals surface area contributed by atoms with Crippen LogP contribution in [0.4, 0.5) is 10.8 Å². The quantitative estimate of drug-likeness (QED) is 0.785. The number of hydrogen-bond acceptors (Lipinski definition) is 6. The predicted octanol–water partition coefficient (Wildman–Crippen LogP) is 2.75. The van der Waals surface area contributed by atoms with Crippen LogP contribution < -0.4 is 10.6 Å². The van der Waals surface area contributed by atoms with Crippen molar-refractivity contribution >= 4 is 37.9 Å². The van der Waals surface area contributed by atoms with Gasteiger partial charge >= 0.3 is 0 Å². The smallest absolute Gasteiger partial charge is 0.226 e. The van der Waals surface area contributed by atoms with Crippen molar-refractivity contribution in [1.82, 2.24) is 10.3 Å². The van der Waals surface area contributed by atoms with E-state index in [0.29, 0.717) is 10.8 Å². The lowest BCUT2D eigenvalue weighted by molar-refractivity contribution is -0.121. The van der Waals surface area contributed by atoms with E-state index in [4.69, 9.17) is 0 Å². The van der Waals surface area contributed by atoms with Gasteiger partial charge in [-0.15, -0.1) is 11.3 Å². The summed E-state index contributed by atoms with van der Waals surface area (Å²) < 4.78 is 22.9. The fourth-order valence-corrected chi connectivity index (χ4v) is 3.31. The minimum atomic E-state index is -3.20. The molecule has 1 aromatic carbocycles. The van der Waals surface area contributed by atoms with Gasteiger partial charge < -0.3 is 10.6 Å². The summed E-state index contributed by atoms with van der Waals surface area (Å²) in [4.78, 5) is 16.5. The van der Waals surface area contributed by atoms with Gasteiger partial charge in [0.05, 0.1) is 17.0 Å². The highest BCUT2D eigenvalue weighted by Gasteiger charge is 2.10. The molecule has 0 fully saturated rings. The topological polar surface area (TPSA) is 88.2 Å². The Bertz CT molecular complexity index is 798. The van der Waals surface area contributed by atoms with Gasteiger partial charge in [0.2, 0.25) is 5.91 Å². The number of benzene rings is 1. The Kier molecular flexibility index (Phi) is 5.95. The molecular formula is C16H21N3O3S2. The summed E-state index contributed by atoms with van der Waals surface area (Å²) in [5.41, 5.74) is 1.45. The minimum Gasteiger partial charge on any atom is -0.353 e. The zero-order chi connectivity index (χ0) is 17.7. The molecular weight excluding hydrogens is 346 g/mol. The van der Waals surface area contributed by atoms with Gasteiger partial charge in [0, 0.05) is 23.4 Å². The molecule has 2 N–H and O–H groups in total. The second-order valence-electron chi connectivity index (χ2n) is 5.62. The highest BCUT2D eigenvalue weighted by atomic mass is 32.2. The van der Waals surface area contributed by atoms with E-state index in [0.717, 1.165) is 12.1 Å². The minimum absolute atomic E-state index is 0.0429.